The van der Waals surface area contributed by atoms with E-state index in [0.29, 0.717) is 6.54 Å². The number of benzene rings is 1. The van der Waals surface area contributed by atoms with Crippen LogP contribution in [0, 0.1) is 0 Å². The number of para-hydroxylation sites is 1. The monoisotopic (exact) mass is 268 g/mol. The zero-order valence-corrected chi connectivity index (χ0v) is 10.5. The van der Waals surface area contributed by atoms with Gasteiger partial charge in [-0.25, -0.2) is 9.36 Å². The molecule has 20 heavy (non-hydrogen) atoms. The van der Waals surface area contributed by atoms with Gasteiger partial charge >= 0.3 is 0 Å². The molecule has 1 aromatic carbocycles. The second kappa shape index (κ2) is 4.96. The standard InChI is InChI=1S/C13H12N6O/c14-13(20)12-9-18(17-15-12)8-10-6-7-19(16-10)11-4-2-1-3-5-11/h1-7,9H,8H2,(H2,14,20). The van der Waals surface area contributed by atoms with Crippen molar-refractivity contribution < 1.29 is 4.79 Å². The van der Waals surface area contributed by atoms with Crippen molar-refractivity contribution in [3.05, 3.63) is 60.2 Å². The van der Waals surface area contributed by atoms with Crippen LogP contribution in [0.25, 0.3) is 5.69 Å². The normalized spacial score (nSPS) is 10.6. The van der Waals surface area contributed by atoms with Crippen molar-refractivity contribution in [2.24, 2.45) is 5.73 Å². The number of rotatable bonds is 4. The Bertz CT molecular complexity index is 730. The molecule has 0 aliphatic heterocycles. The van der Waals surface area contributed by atoms with Crippen LogP contribution in [0.15, 0.2) is 48.8 Å². The highest BCUT2D eigenvalue weighted by Crippen LogP contribution is 2.07. The molecule has 2 heterocycles. The highest BCUT2D eigenvalue weighted by Gasteiger charge is 2.08. The molecule has 2 N–H and O–H groups in total. The molecule has 0 unspecified atom stereocenters. The molecule has 7 heteroatoms. The van der Waals surface area contributed by atoms with Gasteiger partial charge in [0.25, 0.3) is 5.91 Å². The van der Waals surface area contributed by atoms with E-state index >= 15 is 0 Å². The fourth-order valence-electron chi connectivity index (χ4n) is 1.83. The highest BCUT2D eigenvalue weighted by molar-refractivity contribution is 5.90. The van der Waals surface area contributed by atoms with Gasteiger partial charge in [-0.15, -0.1) is 5.10 Å². The smallest absolute Gasteiger partial charge is 0.270 e. The summed E-state index contributed by atoms with van der Waals surface area (Å²) in [6.45, 7) is 0.431. The third-order valence-electron chi connectivity index (χ3n) is 2.78. The summed E-state index contributed by atoms with van der Waals surface area (Å²) >= 11 is 0. The van der Waals surface area contributed by atoms with E-state index in [1.165, 1.54) is 10.9 Å². The van der Waals surface area contributed by atoms with Crippen LogP contribution in [0.4, 0.5) is 0 Å². The number of nitrogens with two attached hydrogens (primary N) is 1. The Balaban J connectivity index is 1.78. The van der Waals surface area contributed by atoms with Gasteiger partial charge in [0.05, 0.1) is 24.1 Å². The van der Waals surface area contributed by atoms with Crippen molar-refractivity contribution in [1.29, 1.82) is 0 Å². The van der Waals surface area contributed by atoms with E-state index in [1.54, 1.807) is 4.68 Å². The van der Waals surface area contributed by atoms with E-state index in [-0.39, 0.29) is 5.69 Å². The number of carbonyl (C=O) groups is 1. The number of amides is 1. The van der Waals surface area contributed by atoms with Gasteiger partial charge in [-0.3, -0.25) is 4.79 Å². The maximum absolute atomic E-state index is 10.9. The van der Waals surface area contributed by atoms with Gasteiger partial charge in [-0.1, -0.05) is 23.4 Å². The first kappa shape index (κ1) is 12.1. The van der Waals surface area contributed by atoms with E-state index in [9.17, 15) is 4.79 Å². The minimum absolute atomic E-state index is 0.146. The second-order valence-corrected chi connectivity index (χ2v) is 4.25. The fourth-order valence-corrected chi connectivity index (χ4v) is 1.83. The Labute approximate surface area is 114 Å². The largest absolute Gasteiger partial charge is 0.364 e. The Morgan fingerprint density at radius 1 is 1.20 bits per heavy atom. The van der Waals surface area contributed by atoms with Crippen molar-refractivity contribution in [2.45, 2.75) is 6.54 Å². The summed E-state index contributed by atoms with van der Waals surface area (Å²) in [5.74, 6) is -0.592. The van der Waals surface area contributed by atoms with Crippen LogP contribution in [0.5, 0.6) is 0 Å². The molecule has 0 saturated heterocycles. The lowest BCUT2D eigenvalue weighted by molar-refractivity contribution is 0.0995. The summed E-state index contributed by atoms with van der Waals surface area (Å²) < 4.78 is 3.30. The summed E-state index contributed by atoms with van der Waals surface area (Å²) in [5, 5.41) is 12.0. The molecule has 0 atom stereocenters. The molecule has 3 rings (SSSR count). The van der Waals surface area contributed by atoms with E-state index < -0.39 is 5.91 Å². The maximum atomic E-state index is 10.9. The Morgan fingerprint density at radius 2 is 2.00 bits per heavy atom. The zero-order chi connectivity index (χ0) is 13.9. The number of carbonyl (C=O) groups excluding carboxylic acids is 1. The molecule has 0 spiro atoms. The van der Waals surface area contributed by atoms with Crippen LogP contribution in [-0.2, 0) is 6.54 Å². The van der Waals surface area contributed by atoms with Gasteiger partial charge in [-0.05, 0) is 18.2 Å². The van der Waals surface area contributed by atoms with E-state index in [0.717, 1.165) is 11.4 Å². The number of hydrogen-bond donors (Lipinski definition) is 1. The average molecular weight is 268 g/mol. The molecule has 7 nitrogen and oxygen atoms in total. The summed E-state index contributed by atoms with van der Waals surface area (Å²) in [6.07, 6.45) is 3.38. The molecule has 0 radical (unpaired) electrons. The van der Waals surface area contributed by atoms with Crippen LogP contribution in [0.3, 0.4) is 0 Å². The minimum atomic E-state index is -0.592. The third-order valence-corrected chi connectivity index (χ3v) is 2.78. The summed E-state index contributed by atoms with van der Waals surface area (Å²) in [6, 6.07) is 11.7. The molecule has 0 bridgehead atoms. The molecule has 0 aliphatic carbocycles. The first-order chi connectivity index (χ1) is 9.72. The Morgan fingerprint density at radius 3 is 2.70 bits per heavy atom. The molecule has 100 valence electrons. The number of aromatic nitrogens is 5. The lowest BCUT2D eigenvalue weighted by atomic mass is 10.3. The molecular formula is C13H12N6O. The third kappa shape index (κ3) is 2.41. The SMILES string of the molecule is NC(=O)c1cn(Cc2ccn(-c3ccccc3)n2)nn1. The fraction of sp³-hybridized carbons (Fsp3) is 0.0769. The number of nitrogens with zero attached hydrogens (tertiary/aromatic N) is 5. The van der Waals surface area contributed by atoms with Crippen LogP contribution < -0.4 is 5.73 Å². The van der Waals surface area contributed by atoms with Gasteiger partial charge in [0.15, 0.2) is 5.69 Å². The lowest BCUT2D eigenvalue weighted by Gasteiger charge is -2.00. The summed E-state index contributed by atoms with van der Waals surface area (Å²) in [4.78, 5) is 10.9. The van der Waals surface area contributed by atoms with Crippen molar-refractivity contribution in [3.63, 3.8) is 0 Å². The Hall–Kier alpha value is -2.96. The average Bonchev–Trinajstić information content (AvgIpc) is 3.10. The Kier molecular flexibility index (Phi) is 3.00. The highest BCUT2D eigenvalue weighted by atomic mass is 16.1. The van der Waals surface area contributed by atoms with Crippen LogP contribution in [0.2, 0.25) is 0 Å². The van der Waals surface area contributed by atoms with Crippen LogP contribution in [0.1, 0.15) is 16.2 Å². The van der Waals surface area contributed by atoms with E-state index in [4.69, 9.17) is 5.73 Å². The summed E-state index contributed by atoms with van der Waals surface area (Å²) in [7, 11) is 0. The van der Waals surface area contributed by atoms with Crippen molar-refractivity contribution >= 4 is 5.91 Å². The van der Waals surface area contributed by atoms with Crippen molar-refractivity contribution in [2.75, 3.05) is 0 Å². The number of primary amides is 1. The minimum Gasteiger partial charge on any atom is -0.364 e. The molecular weight excluding hydrogens is 256 g/mol. The van der Waals surface area contributed by atoms with Crippen molar-refractivity contribution in [1.82, 2.24) is 24.8 Å². The lowest BCUT2D eigenvalue weighted by Crippen LogP contribution is -2.11. The summed E-state index contributed by atoms with van der Waals surface area (Å²) in [5.41, 5.74) is 7.07. The predicted molar refractivity (Wildman–Crippen MR) is 71.2 cm³/mol. The first-order valence-corrected chi connectivity index (χ1v) is 6.02. The van der Waals surface area contributed by atoms with Gasteiger partial charge in [-0.2, -0.15) is 5.10 Å². The van der Waals surface area contributed by atoms with Crippen LogP contribution >= 0.6 is 0 Å². The quantitative estimate of drug-likeness (QED) is 0.750. The van der Waals surface area contributed by atoms with Crippen molar-refractivity contribution in [3.8, 4) is 5.69 Å². The van der Waals surface area contributed by atoms with E-state index in [2.05, 4.69) is 15.4 Å². The van der Waals surface area contributed by atoms with E-state index in [1.807, 2.05) is 42.6 Å². The second-order valence-electron chi connectivity index (χ2n) is 4.25. The molecule has 0 fully saturated rings. The molecule has 0 aliphatic rings. The first-order valence-electron chi connectivity index (χ1n) is 6.02. The van der Waals surface area contributed by atoms with Gasteiger partial charge in [0.2, 0.25) is 0 Å². The molecule has 3 aromatic rings. The molecule has 0 saturated carbocycles. The topological polar surface area (TPSA) is 91.6 Å². The molecule has 1 amide bonds. The van der Waals surface area contributed by atoms with Gasteiger partial charge in [0.1, 0.15) is 0 Å². The van der Waals surface area contributed by atoms with Crippen LogP contribution in [-0.4, -0.2) is 30.7 Å². The predicted octanol–water partition coefficient (Wildman–Crippen LogP) is 0.611. The maximum Gasteiger partial charge on any atom is 0.270 e. The molecule has 2 aromatic heterocycles. The number of hydrogen-bond acceptors (Lipinski definition) is 4. The van der Waals surface area contributed by atoms with Gasteiger partial charge < -0.3 is 5.73 Å². The van der Waals surface area contributed by atoms with Gasteiger partial charge in [0, 0.05) is 6.20 Å². The zero-order valence-electron chi connectivity index (χ0n) is 10.5.